The highest BCUT2D eigenvalue weighted by atomic mass is 16.1. The quantitative estimate of drug-likeness (QED) is 0.729. The van der Waals surface area contributed by atoms with Crippen LogP contribution in [0, 0.1) is 11.8 Å². The van der Waals surface area contributed by atoms with E-state index in [9.17, 15) is 4.79 Å². The molecule has 0 aliphatic carbocycles. The summed E-state index contributed by atoms with van der Waals surface area (Å²) in [5, 5.41) is 2.91. The zero-order valence-corrected chi connectivity index (χ0v) is 11.8. The van der Waals surface area contributed by atoms with E-state index in [4.69, 9.17) is 5.73 Å². The lowest BCUT2D eigenvalue weighted by Gasteiger charge is -2.14. The van der Waals surface area contributed by atoms with Gasteiger partial charge in [-0.1, -0.05) is 18.8 Å². The fourth-order valence-corrected chi connectivity index (χ4v) is 1.89. The summed E-state index contributed by atoms with van der Waals surface area (Å²) in [6.07, 6.45) is 5.67. The Balaban J connectivity index is 2.20. The first kappa shape index (κ1) is 14.8. The van der Waals surface area contributed by atoms with Crippen LogP contribution >= 0.6 is 0 Å². The minimum atomic E-state index is -0.278. The molecule has 1 amide bonds. The summed E-state index contributed by atoms with van der Waals surface area (Å²) in [5.74, 6) is 6.03. The molecule has 108 valence electrons. The van der Waals surface area contributed by atoms with Crippen molar-refractivity contribution in [3.05, 3.63) is 47.8 Å². The third-order valence-corrected chi connectivity index (χ3v) is 2.91. The third-order valence-electron chi connectivity index (χ3n) is 2.91. The van der Waals surface area contributed by atoms with Gasteiger partial charge >= 0.3 is 0 Å². The van der Waals surface area contributed by atoms with Gasteiger partial charge in [0.25, 0.3) is 5.91 Å². The Morgan fingerprint density at radius 1 is 1.48 bits per heavy atom. The number of nitrogens with zero attached hydrogens (tertiary/aromatic N) is 2. The van der Waals surface area contributed by atoms with Crippen LogP contribution in [0.4, 0.5) is 0 Å². The monoisotopic (exact) mass is 283 g/mol. The van der Waals surface area contributed by atoms with E-state index < -0.39 is 0 Å². The number of rotatable bonds is 4. The first-order valence-corrected chi connectivity index (χ1v) is 6.70. The van der Waals surface area contributed by atoms with Gasteiger partial charge in [0.05, 0.1) is 18.2 Å². The molecule has 6 heteroatoms. The van der Waals surface area contributed by atoms with Crippen LogP contribution in [0.3, 0.4) is 0 Å². The molecular weight excluding hydrogens is 266 g/mol. The van der Waals surface area contributed by atoms with Crippen LogP contribution in [0.5, 0.6) is 0 Å². The van der Waals surface area contributed by atoms with Gasteiger partial charge in [0.1, 0.15) is 11.5 Å². The fraction of sp³-hybridized carbons (Fsp3) is 0.267. The van der Waals surface area contributed by atoms with Crippen LogP contribution in [0.25, 0.3) is 0 Å². The van der Waals surface area contributed by atoms with E-state index in [1.165, 1.54) is 0 Å². The molecule has 21 heavy (non-hydrogen) atoms. The third kappa shape index (κ3) is 3.68. The number of carbonyl (C=O) groups is 1. The van der Waals surface area contributed by atoms with Gasteiger partial charge in [0.15, 0.2) is 0 Å². The van der Waals surface area contributed by atoms with E-state index >= 15 is 0 Å². The summed E-state index contributed by atoms with van der Waals surface area (Å²) >= 11 is 0. The molecule has 0 fully saturated rings. The molecule has 0 aliphatic rings. The predicted molar refractivity (Wildman–Crippen MR) is 79.3 cm³/mol. The highest BCUT2D eigenvalue weighted by Crippen LogP contribution is 2.13. The van der Waals surface area contributed by atoms with Gasteiger partial charge in [-0.3, -0.25) is 4.79 Å². The number of amides is 1. The standard InChI is InChI=1S/C15H17N5O/c1-2-12(14-18-9-10-19-14)20-15(21)13-11(5-3-7-16)6-4-8-17-13/h4,6,8-10,12H,2,7,16H2,1H3,(H,18,19)(H,20,21). The molecule has 0 radical (unpaired) electrons. The average molecular weight is 283 g/mol. The zero-order chi connectivity index (χ0) is 15.1. The number of hydrogen-bond donors (Lipinski definition) is 3. The Hall–Kier alpha value is -2.65. The van der Waals surface area contributed by atoms with Crippen molar-refractivity contribution >= 4 is 5.91 Å². The number of carbonyl (C=O) groups excluding carboxylic acids is 1. The molecule has 0 aliphatic heterocycles. The fourth-order valence-electron chi connectivity index (χ4n) is 1.89. The van der Waals surface area contributed by atoms with E-state index in [1.54, 1.807) is 30.7 Å². The average Bonchev–Trinajstić information content (AvgIpc) is 3.04. The highest BCUT2D eigenvalue weighted by Gasteiger charge is 2.18. The minimum absolute atomic E-state index is 0.190. The maximum absolute atomic E-state index is 12.4. The van der Waals surface area contributed by atoms with Crippen LogP contribution in [0.2, 0.25) is 0 Å². The molecule has 4 N–H and O–H groups in total. The lowest BCUT2D eigenvalue weighted by Crippen LogP contribution is -2.30. The van der Waals surface area contributed by atoms with E-state index in [0.717, 1.165) is 12.2 Å². The second-order valence-corrected chi connectivity index (χ2v) is 4.31. The highest BCUT2D eigenvalue weighted by molar-refractivity contribution is 5.94. The van der Waals surface area contributed by atoms with E-state index in [0.29, 0.717) is 11.3 Å². The second kappa shape index (κ2) is 7.22. The summed E-state index contributed by atoms with van der Waals surface area (Å²) in [7, 11) is 0. The Kier molecular flexibility index (Phi) is 5.07. The molecule has 0 saturated heterocycles. The van der Waals surface area contributed by atoms with Crippen molar-refractivity contribution in [3.63, 3.8) is 0 Å². The Bertz CT molecular complexity index is 654. The number of nitrogens with two attached hydrogens (primary N) is 1. The van der Waals surface area contributed by atoms with Gasteiger partial charge < -0.3 is 16.0 Å². The maximum atomic E-state index is 12.4. The largest absolute Gasteiger partial charge is 0.347 e. The van der Waals surface area contributed by atoms with Gasteiger partial charge in [-0.05, 0) is 18.6 Å². The number of aromatic nitrogens is 3. The molecular formula is C15H17N5O. The predicted octanol–water partition coefficient (Wildman–Crippen LogP) is 0.996. The van der Waals surface area contributed by atoms with Gasteiger partial charge in [-0.15, -0.1) is 0 Å². The number of H-pyrrole nitrogens is 1. The zero-order valence-electron chi connectivity index (χ0n) is 11.8. The van der Waals surface area contributed by atoms with Crippen molar-refractivity contribution in [1.29, 1.82) is 0 Å². The summed E-state index contributed by atoms with van der Waals surface area (Å²) < 4.78 is 0. The molecule has 0 saturated carbocycles. The van der Waals surface area contributed by atoms with Gasteiger partial charge in [0, 0.05) is 18.6 Å². The van der Waals surface area contributed by atoms with Crippen LogP contribution in [-0.4, -0.2) is 27.4 Å². The van der Waals surface area contributed by atoms with E-state index in [-0.39, 0.29) is 18.5 Å². The number of nitrogens with one attached hydrogen (secondary N) is 2. The number of hydrogen-bond acceptors (Lipinski definition) is 4. The molecule has 1 atom stereocenters. The van der Waals surface area contributed by atoms with Crippen molar-refractivity contribution in [2.75, 3.05) is 6.54 Å². The SMILES string of the molecule is CCC(NC(=O)c1ncccc1C#CCN)c1ncc[nH]1. The normalized spacial score (nSPS) is 11.3. The van der Waals surface area contributed by atoms with Gasteiger partial charge in [-0.2, -0.15) is 0 Å². The first-order chi connectivity index (χ1) is 10.3. The first-order valence-electron chi connectivity index (χ1n) is 6.70. The van der Waals surface area contributed by atoms with Gasteiger partial charge in [-0.25, -0.2) is 9.97 Å². The van der Waals surface area contributed by atoms with Crippen LogP contribution < -0.4 is 11.1 Å². The molecule has 2 rings (SSSR count). The lowest BCUT2D eigenvalue weighted by atomic mass is 10.1. The Morgan fingerprint density at radius 2 is 2.33 bits per heavy atom. The van der Waals surface area contributed by atoms with E-state index in [2.05, 4.69) is 32.1 Å². The number of pyridine rings is 1. The van der Waals surface area contributed by atoms with Crippen LogP contribution in [-0.2, 0) is 0 Å². The smallest absolute Gasteiger partial charge is 0.271 e. The molecule has 0 bridgehead atoms. The molecule has 2 heterocycles. The summed E-state index contributed by atoms with van der Waals surface area (Å²) in [4.78, 5) is 23.7. The lowest BCUT2D eigenvalue weighted by molar-refractivity contribution is 0.0928. The topological polar surface area (TPSA) is 96.7 Å². The van der Waals surface area contributed by atoms with Crippen molar-refractivity contribution in [2.24, 2.45) is 5.73 Å². The number of imidazole rings is 1. The van der Waals surface area contributed by atoms with Crippen molar-refractivity contribution in [3.8, 4) is 11.8 Å². The molecule has 1 unspecified atom stereocenters. The van der Waals surface area contributed by atoms with E-state index in [1.807, 2.05) is 6.92 Å². The molecule has 0 aromatic carbocycles. The van der Waals surface area contributed by atoms with Crippen LogP contribution in [0.15, 0.2) is 30.7 Å². The molecule has 0 spiro atoms. The Labute approximate surface area is 123 Å². The van der Waals surface area contributed by atoms with Crippen molar-refractivity contribution < 1.29 is 4.79 Å². The number of aromatic amines is 1. The van der Waals surface area contributed by atoms with Gasteiger partial charge in [0.2, 0.25) is 0 Å². The molecule has 2 aromatic rings. The Morgan fingerprint density at radius 3 is 3.00 bits per heavy atom. The van der Waals surface area contributed by atoms with Crippen molar-refractivity contribution in [2.45, 2.75) is 19.4 Å². The minimum Gasteiger partial charge on any atom is -0.347 e. The molecule has 6 nitrogen and oxygen atoms in total. The summed E-state index contributed by atoms with van der Waals surface area (Å²) in [6, 6.07) is 3.30. The summed E-state index contributed by atoms with van der Waals surface area (Å²) in [5.41, 5.74) is 6.22. The maximum Gasteiger partial charge on any atom is 0.271 e. The second-order valence-electron chi connectivity index (χ2n) is 4.31. The molecule has 2 aromatic heterocycles. The summed E-state index contributed by atoms with van der Waals surface area (Å²) in [6.45, 7) is 2.21. The van der Waals surface area contributed by atoms with Crippen molar-refractivity contribution in [1.82, 2.24) is 20.3 Å². The van der Waals surface area contributed by atoms with Crippen LogP contribution in [0.1, 0.15) is 41.3 Å².